The summed E-state index contributed by atoms with van der Waals surface area (Å²) in [5, 5.41) is 4.13. The number of rotatable bonds is 3. The van der Waals surface area contributed by atoms with Crippen LogP contribution < -0.4 is 0 Å². The van der Waals surface area contributed by atoms with Crippen molar-refractivity contribution in [3.63, 3.8) is 0 Å². The predicted molar refractivity (Wildman–Crippen MR) is 68.8 cm³/mol. The van der Waals surface area contributed by atoms with Gasteiger partial charge >= 0.3 is 0 Å². The smallest absolute Gasteiger partial charge is 0.155 e. The highest BCUT2D eigenvalue weighted by atomic mass is 16.5. The summed E-state index contributed by atoms with van der Waals surface area (Å²) < 4.78 is 5.39. The van der Waals surface area contributed by atoms with Crippen LogP contribution in [0.3, 0.4) is 0 Å². The van der Waals surface area contributed by atoms with Crippen molar-refractivity contribution in [2.45, 2.75) is 32.6 Å². The lowest BCUT2D eigenvalue weighted by molar-refractivity contribution is 0.112. The van der Waals surface area contributed by atoms with Gasteiger partial charge in [-0.05, 0) is 37.8 Å². The van der Waals surface area contributed by atoms with Crippen molar-refractivity contribution in [3.8, 4) is 11.3 Å². The quantitative estimate of drug-likeness (QED) is 0.770. The molecular formula is C15H15NO2. The van der Waals surface area contributed by atoms with Crippen molar-refractivity contribution in [1.29, 1.82) is 0 Å². The molecule has 1 aliphatic rings. The van der Waals surface area contributed by atoms with Gasteiger partial charge in [-0.2, -0.15) is 0 Å². The summed E-state index contributed by atoms with van der Waals surface area (Å²) in [5.74, 6) is 1.17. The van der Waals surface area contributed by atoms with Gasteiger partial charge in [0, 0.05) is 11.5 Å². The number of carbonyl (C=O) groups is 1. The molecule has 1 fully saturated rings. The highest BCUT2D eigenvalue weighted by molar-refractivity contribution is 5.88. The fourth-order valence-electron chi connectivity index (χ4n) is 2.43. The highest BCUT2D eigenvalue weighted by Crippen LogP contribution is 2.44. The van der Waals surface area contributed by atoms with E-state index in [0.717, 1.165) is 41.6 Å². The number of nitrogens with zero attached hydrogens (tertiary/aromatic N) is 1. The first-order valence-corrected chi connectivity index (χ1v) is 6.23. The van der Waals surface area contributed by atoms with Crippen LogP contribution in [0, 0.1) is 13.8 Å². The van der Waals surface area contributed by atoms with Crippen LogP contribution in [0.2, 0.25) is 0 Å². The number of aryl methyl sites for hydroxylation is 2. The molecule has 0 unspecified atom stereocenters. The molecule has 1 saturated carbocycles. The summed E-state index contributed by atoms with van der Waals surface area (Å²) in [7, 11) is 0. The first kappa shape index (κ1) is 11.2. The second kappa shape index (κ2) is 4.09. The molecule has 3 heteroatoms. The number of aromatic nitrogens is 1. The van der Waals surface area contributed by atoms with Gasteiger partial charge in [0.2, 0.25) is 0 Å². The molecule has 0 amide bonds. The summed E-state index contributed by atoms with van der Waals surface area (Å²) in [6.45, 7) is 4.06. The average Bonchev–Trinajstić information content (AvgIpc) is 3.10. The van der Waals surface area contributed by atoms with Gasteiger partial charge in [-0.3, -0.25) is 4.79 Å². The van der Waals surface area contributed by atoms with Gasteiger partial charge < -0.3 is 4.52 Å². The lowest BCUT2D eigenvalue weighted by Gasteiger charge is -2.06. The van der Waals surface area contributed by atoms with Crippen LogP contribution in [-0.2, 0) is 0 Å². The zero-order chi connectivity index (χ0) is 12.7. The SMILES string of the molecule is Cc1cccc(C)c1-c1noc(C2CC2)c1C=O. The maximum Gasteiger partial charge on any atom is 0.155 e. The minimum Gasteiger partial charge on any atom is -0.360 e. The number of carbonyl (C=O) groups excluding carboxylic acids is 1. The first-order chi connectivity index (χ1) is 8.72. The molecule has 0 radical (unpaired) electrons. The average molecular weight is 241 g/mol. The Kier molecular flexibility index (Phi) is 2.54. The molecule has 0 atom stereocenters. The van der Waals surface area contributed by atoms with E-state index >= 15 is 0 Å². The second-order valence-corrected chi connectivity index (χ2v) is 4.97. The largest absolute Gasteiger partial charge is 0.360 e. The third-order valence-corrected chi connectivity index (χ3v) is 3.54. The molecule has 1 aliphatic carbocycles. The van der Waals surface area contributed by atoms with Crippen LogP contribution in [0.5, 0.6) is 0 Å². The Morgan fingerprint density at radius 3 is 2.50 bits per heavy atom. The summed E-state index contributed by atoms with van der Waals surface area (Å²) in [6, 6.07) is 6.07. The molecule has 1 aromatic heterocycles. The molecule has 2 aromatic rings. The van der Waals surface area contributed by atoms with Gasteiger partial charge in [0.05, 0.1) is 5.56 Å². The number of benzene rings is 1. The molecule has 92 valence electrons. The van der Waals surface area contributed by atoms with Crippen molar-refractivity contribution in [1.82, 2.24) is 5.16 Å². The topological polar surface area (TPSA) is 43.1 Å². The third kappa shape index (κ3) is 1.67. The van der Waals surface area contributed by atoms with Crippen LogP contribution in [0.15, 0.2) is 22.7 Å². The van der Waals surface area contributed by atoms with E-state index in [1.165, 1.54) is 0 Å². The standard InChI is InChI=1S/C15H15NO2/c1-9-4-3-5-10(2)13(9)14-12(8-17)15(18-16-14)11-6-7-11/h3-5,8,11H,6-7H2,1-2H3. The van der Waals surface area contributed by atoms with E-state index in [4.69, 9.17) is 4.52 Å². The zero-order valence-electron chi connectivity index (χ0n) is 10.6. The Balaban J connectivity index is 2.19. The van der Waals surface area contributed by atoms with Gasteiger partial charge in [-0.25, -0.2) is 0 Å². The molecule has 3 rings (SSSR count). The van der Waals surface area contributed by atoms with Crippen LogP contribution >= 0.6 is 0 Å². The molecule has 1 heterocycles. The monoisotopic (exact) mass is 241 g/mol. The Labute approximate surface area is 106 Å². The maximum atomic E-state index is 11.3. The van der Waals surface area contributed by atoms with Crippen molar-refractivity contribution >= 4 is 6.29 Å². The van der Waals surface area contributed by atoms with Gasteiger partial charge in [0.1, 0.15) is 5.69 Å². The lowest BCUT2D eigenvalue weighted by Crippen LogP contribution is -1.93. The van der Waals surface area contributed by atoms with E-state index in [1.54, 1.807) is 0 Å². The van der Waals surface area contributed by atoms with Gasteiger partial charge in [0.15, 0.2) is 12.0 Å². The first-order valence-electron chi connectivity index (χ1n) is 6.23. The maximum absolute atomic E-state index is 11.3. The van der Waals surface area contributed by atoms with Crippen molar-refractivity contribution in [2.24, 2.45) is 0 Å². The highest BCUT2D eigenvalue weighted by Gasteiger charge is 2.32. The summed E-state index contributed by atoms with van der Waals surface area (Å²) in [5.41, 5.74) is 4.59. The van der Waals surface area contributed by atoms with E-state index in [1.807, 2.05) is 32.0 Å². The Hall–Kier alpha value is -1.90. The summed E-state index contributed by atoms with van der Waals surface area (Å²) >= 11 is 0. The van der Waals surface area contributed by atoms with Crippen LogP contribution in [0.1, 0.15) is 46.0 Å². The van der Waals surface area contributed by atoms with Crippen molar-refractivity contribution in [3.05, 3.63) is 40.6 Å². The molecule has 0 saturated heterocycles. The fourth-order valence-corrected chi connectivity index (χ4v) is 2.43. The molecule has 3 nitrogen and oxygen atoms in total. The molecular weight excluding hydrogens is 226 g/mol. The minimum absolute atomic E-state index is 0.399. The van der Waals surface area contributed by atoms with E-state index in [0.29, 0.717) is 17.2 Å². The zero-order valence-corrected chi connectivity index (χ0v) is 10.6. The summed E-state index contributed by atoms with van der Waals surface area (Å²) in [4.78, 5) is 11.3. The normalized spacial score (nSPS) is 14.8. The van der Waals surface area contributed by atoms with Crippen LogP contribution in [-0.4, -0.2) is 11.4 Å². The van der Waals surface area contributed by atoms with Crippen LogP contribution in [0.25, 0.3) is 11.3 Å². The second-order valence-electron chi connectivity index (χ2n) is 4.97. The van der Waals surface area contributed by atoms with E-state index in [-0.39, 0.29) is 0 Å². The van der Waals surface area contributed by atoms with Crippen molar-refractivity contribution in [2.75, 3.05) is 0 Å². The Bertz CT molecular complexity index is 589. The number of hydrogen-bond acceptors (Lipinski definition) is 3. The van der Waals surface area contributed by atoms with Gasteiger partial charge in [-0.15, -0.1) is 0 Å². The lowest BCUT2D eigenvalue weighted by atomic mass is 9.97. The van der Waals surface area contributed by atoms with Gasteiger partial charge in [0.25, 0.3) is 0 Å². The fraction of sp³-hybridized carbons (Fsp3) is 0.333. The van der Waals surface area contributed by atoms with E-state index in [9.17, 15) is 4.79 Å². The molecule has 0 bridgehead atoms. The molecule has 18 heavy (non-hydrogen) atoms. The number of aldehydes is 1. The molecule has 0 N–H and O–H groups in total. The third-order valence-electron chi connectivity index (χ3n) is 3.54. The van der Waals surface area contributed by atoms with Gasteiger partial charge in [-0.1, -0.05) is 23.4 Å². The molecule has 1 aromatic carbocycles. The van der Waals surface area contributed by atoms with Crippen LogP contribution in [0.4, 0.5) is 0 Å². The van der Waals surface area contributed by atoms with E-state index < -0.39 is 0 Å². The Morgan fingerprint density at radius 1 is 1.28 bits per heavy atom. The Morgan fingerprint density at radius 2 is 1.94 bits per heavy atom. The van der Waals surface area contributed by atoms with Crippen molar-refractivity contribution < 1.29 is 9.32 Å². The predicted octanol–water partition coefficient (Wildman–Crippen LogP) is 3.65. The molecule has 0 aliphatic heterocycles. The number of hydrogen-bond donors (Lipinski definition) is 0. The minimum atomic E-state index is 0.399. The van der Waals surface area contributed by atoms with E-state index in [2.05, 4.69) is 5.16 Å². The molecule has 0 spiro atoms. The summed E-state index contributed by atoms with van der Waals surface area (Å²) in [6.07, 6.45) is 3.08.